The Morgan fingerprint density at radius 3 is 2.44 bits per heavy atom. The number of hydrogen-bond acceptors (Lipinski definition) is 2. The van der Waals surface area contributed by atoms with Gasteiger partial charge in [-0.2, -0.15) is 5.10 Å². The number of nitrogens with zero attached hydrogens (tertiary/aromatic N) is 2. The fraction of sp³-hybridized carbons (Fsp3) is 0.769. The zero-order valence-electron chi connectivity index (χ0n) is 11.0. The molecule has 0 fully saturated rings. The first-order valence-electron chi connectivity index (χ1n) is 6.40. The Balaban J connectivity index is 2.74. The molecular weight excluding hydrogens is 198 g/mol. The Morgan fingerprint density at radius 1 is 1.31 bits per heavy atom. The molecule has 1 aromatic heterocycles. The topological polar surface area (TPSA) is 43.8 Å². The Kier molecular flexibility index (Phi) is 5.00. The molecule has 2 N–H and O–H groups in total. The number of hydrogen-bond donors (Lipinski definition) is 1. The molecule has 1 atom stereocenters. The molecule has 0 spiro atoms. The molecule has 0 aromatic carbocycles. The predicted octanol–water partition coefficient (Wildman–Crippen LogP) is 2.81. The van der Waals surface area contributed by atoms with Crippen molar-refractivity contribution in [2.45, 2.75) is 52.5 Å². The van der Waals surface area contributed by atoms with Crippen LogP contribution in [0.25, 0.3) is 0 Å². The van der Waals surface area contributed by atoms with E-state index < -0.39 is 0 Å². The third kappa shape index (κ3) is 3.08. The van der Waals surface area contributed by atoms with E-state index in [1.165, 1.54) is 18.4 Å². The summed E-state index contributed by atoms with van der Waals surface area (Å²) in [5, 5.41) is 4.45. The highest BCUT2D eigenvalue weighted by Crippen LogP contribution is 2.25. The number of aromatic nitrogens is 2. The van der Waals surface area contributed by atoms with Crippen molar-refractivity contribution < 1.29 is 0 Å². The van der Waals surface area contributed by atoms with E-state index in [0.29, 0.717) is 0 Å². The Hall–Kier alpha value is -0.830. The van der Waals surface area contributed by atoms with Gasteiger partial charge in [0.05, 0.1) is 5.69 Å². The third-order valence-corrected chi connectivity index (χ3v) is 3.41. The maximum atomic E-state index is 6.28. The predicted molar refractivity (Wildman–Crippen MR) is 68.2 cm³/mol. The highest BCUT2D eigenvalue weighted by atomic mass is 15.3. The second-order valence-electron chi connectivity index (χ2n) is 4.58. The van der Waals surface area contributed by atoms with Crippen LogP contribution in [0.15, 0.2) is 6.20 Å². The molecule has 92 valence electrons. The average Bonchev–Trinajstić information content (AvgIpc) is 2.67. The molecule has 3 nitrogen and oxygen atoms in total. The van der Waals surface area contributed by atoms with Gasteiger partial charge in [0, 0.05) is 24.8 Å². The molecule has 0 saturated heterocycles. The molecule has 1 heterocycles. The van der Waals surface area contributed by atoms with Crippen LogP contribution in [0.2, 0.25) is 0 Å². The van der Waals surface area contributed by atoms with Crippen LogP contribution >= 0.6 is 0 Å². The molecule has 0 aliphatic carbocycles. The van der Waals surface area contributed by atoms with Gasteiger partial charge in [-0.3, -0.25) is 4.68 Å². The van der Waals surface area contributed by atoms with Gasteiger partial charge in [-0.1, -0.05) is 33.6 Å². The summed E-state index contributed by atoms with van der Waals surface area (Å²) in [5.41, 5.74) is 8.67. The lowest BCUT2D eigenvalue weighted by molar-refractivity contribution is 0.413. The van der Waals surface area contributed by atoms with Gasteiger partial charge in [0.2, 0.25) is 0 Å². The van der Waals surface area contributed by atoms with Gasteiger partial charge in [-0.05, 0) is 18.8 Å². The molecule has 16 heavy (non-hydrogen) atoms. The maximum Gasteiger partial charge on any atom is 0.0669 e. The molecule has 0 radical (unpaired) electrons. The van der Waals surface area contributed by atoms with Crippen LogP contribution in [-0.4, -0.2) is 9.78 Å². The average molecular weight is 223 g/mol. The van der Waals surface area contributed by atoms with Crippen LogP contribution in [0.4, 0.5) is 0 Å². The Bertz CT molecular complexity index is 313. The summed E-state index contributed by atoms with van der Waals surface area (Å²) in [6.45, 7) is 6.62. The minimum Gasteiger partial charge on any atom is -0.324 e. The van der Waals surface area contributed by atoms with Gasteiger partial charge in [0.25, 0.3) is 0 Å². The molecule has 0 aliphatic rings. The normalized spacial score (nSPS) is 13.4. The van der Waals surface area contributed by atoms with Crippen LogP contribution in [0.1, 0.15) is 57.3 Å². The first kappa shape index (κ1) is 13.2. The standard InChI is InChI=1S/C13H25N3/c1-5-10(6-2)8-12(14)11-9-16(4)15-13(11)7-3/h9-10,12H,5-8,14H2,1-4H3. The summed E-state index contributed by atoms with van der Waals surface area (Å²) in [6.07, 6.45) is 6.54. The van der Waals surface area contributed by atoms with E-state index in [1.54, 1.807) is 0 Å². The SMILES string of the molecule is CCc1nn(C)cc1C(N)CC(CC)CC. The van der Waals surface area contributed by atoms with Gasteiger partial charge in [0.1, 0.15) is 0 Å². The molecule has 1 aromatic rings. The van der Waals surface area contributed by atoms with E-state index in [0.717, 1.165) is 24.5 Å². The molecule has 0 saturated carbocycles. The quantitative estimate of drug-likeness (QED) is 0.806. The zero-order valence-corrected chi connectivity index (χ0v) is 11.0. The van der Waals surface area contributed by atoms with Crippen molar-refractivity contribution in [2.24, 2.45) is 18.7 Å². The molecule has 1 unspecified atom stereocenters. The summed E-state index contributed by atoms with van der Waals surface area (Å²) in [6, 6.07) is 0.147. The van der Waals surface area contributed by atoms with Crippen molar-refractivity contribution in [1.82, 2.24) is 9.78 Å². The highest BCUT2D eigenvalue weighted by molar-refractivity contribution is 5.21. The van der Waals surface area contributed by atoms with Gasteiger partial charge in [-0.25, -0.2) is 0 Å². The van der Waals surface area contributed by atoms with Crippen molar-refractivity contribution in [2.75, 3.05) is 0 Å². The monoisotopic (exact) mass is 223 g/mol. The van der Waals surface area contributed by atoms with Crippen molar-refractivity contribution >= 4 is 0 Å². The largest absolute Gasteiger partial charge is 0.324 e. The van der Waals surface area contributed by atoms with Crippen LogP contribution in [0, 0.1) is 5.92 Å². The molecule has 0 amide bonds. The van der Waals surface area contributed by atoms with Gasteiger partial charge < -0.3 is 5.73 Å². The smallest absolute Gasteiger partial charge is 0.0669 e. The summed E-state index contributed by atoms with van der Waals surface area (Å²) < 4.78 is 1.88. The van der Waals surface area contributed by atoms with Crippen molar-refractivity contribution in [3.63, 3.8) is 0 Å². The molecule has 0 bridgehead atoms. The van der Waals surface area contributed by atoms with E-state index in [9.17, 15) is 0 Å². The van der Waals surface area contributed by atoms with Crippen LogP contribution < -0.4 is 5.73 Å². The zero-order chi connectivity index (χ0) is 12.1. The van der Waals surface area contributed by atoms with Gasteiger partial charge in [-0.15, -0.1) is 0 Å². The van der Waals surface area contributed by atoms with Crippen LogP contribution in [0.5, 0.6) is 0 Å². The van der Waals surface area contributed by atoms with Crippen molar-refractivity contribution in [1.29, 1.82) is 0 Å². The lowest BCUT2D eigenvalue weighted by Crippen LogP contribution is -2.15. The number of aryl methyl sites for hydroxylation is 2. The van der Waals surface area contributed by atoms with E-state index in [-0.39, 0.29) is 6.04 Å². The maximum absolute atomic E-state index is 6.28. The summed E-state index contributed by atoms with van der Waals surface area (Å²) in [7, 11) is 1.96. The van der Waals surface area contributed by atoms with Crippen molar-refractivity contribution in [3.8, 4) is 0 Å². The molecular formula is C13H25N3. The van der Waals surface area contributed by atoms with E-state index in [4.69, 9.17) is 5.73 Å². The highest BCUT2D eigenvalue weighted by Gasteiger charge is 2.17. The fourth-order valence-corrected chi connectivity index (χ4v) is 2.25. The van der Waals surface area contributed by atoms with E-state index >= 15 is 0 Å². The first-order valence-corrected chi connectivity index (χ1v) is 6.40. The summed E-state index contributed by atoms with van der Waals surface area (Å²) in [4.78, 5) is 0. The summed E-state index contributed by atoms with van der Waals surface area (Å²) >= 11 is 0. The minimum atomic E-state index is 0.147. The summed E-state index contributed by atoms with van der Waals surface area (Å²) in [5.74, 6) is 0.736. The first-order chi connectivity index (χ1) is 7.62. The van der Waals surface area contributed by atoms with Crippen LogP contribution in [0.3, 0.4) is 0 Å². The van der Waals surface area contributed by atoms with Gasteiger partial charge in [0.15, 0.2) is 0 Å². The third-order valence-electron chi connectivity index (χ3n) is 3.41. The number of nitrogens with two attached hydrogens (primary N) is 1. The van der Waals surface area contributed by atoms with Crippen molar-refractivity contribution in [3.05, 3.63) is 17.5 Å². The molecule has 0 aliphatic heterocycles. The second kappa shape index (κ2) is 6.04. The molecule has 1 rings (SSSR count). The Labute approximate surface area is 99.0 Å². The lowest BCUT2D eigenvalue weighted by Gasteiger charge is -2.18. The fourth-order valence-electron chi connectivity index (χ4n) is 2.25. The molecule has 3 heteroatoms. The van der Waals surface area contributed by atoms with Gasteiger partial charge >= 0.3 is 0 Å². The minimum absolute atomic E-state index is 0.147. The van der Waals surface area contributed by atoms with E-state index in [2.05, 4.69) is 32.1 Å². The van der Waals surface area contributed by atoms with Crippen LogP contribution in [-0.2, 0) is 13.5 Å². The van der Waals surface area contributed by atoms with E-state index in [1.807, 2.05) is 11.7 Å². The lowest BCUT2D eigenvalue weighted by atomic mass is 9.91. The number of rotatable bonds is 6. The Morgan fingerprint density at radius 2 is 1.94 bits per heavy atom. The second-order valence-corrected chi connectivity index (χ2v) is 4.58.